The van der Waals surface area contributed by atoms with Gasteiger partial charge < -0.3 is 4.90 Å². The Bertz CT molecular complexity index is 513. The van der Waals surface area contributed by atoms with Crippen molar-refractivity contribution in [3.63, 3.8) is 0 Å². The van der Waals surface area contributed by atoms with Crippen LogP contribution in [0.4, 0.5) is 0 Å². The third-order valence-electron chi connectivity index (χ3n) is 4.75. The van der Waals surface area contributed by atoms with E-state index in [4.69, 9.17) is 11.6 Å². The van der Waals surface area contributed by atoms with Gasteiger partial charge in [-0.1, -0.05) is 43.5 Å². The Morgan fingerprint density at radius 1 is 1.33 bits per heavy atom. The number of carbonyl (C=O) groups is 1. The molecule has 4 heteroatoms. The molecule has 0 radical (unpaired) electrons. The van der Waals surface area contributed by atoms with Gasteiger partial charge in [-0.15, -0.1) is 0 Å². The second kappa shape index (κ2) is 6.37. The lowest BCUT2D eigenvalue weighted by molar-refractivity contribution is -0.130. The molecule has 1 heterocycles. The standard InChI is InChI=1S/C17H23ClN2O/c1-2-15-17(21)20(11-12-6-3-4-7-12)16(19-15)13-8-5-9-14(18)10-13/h5,8-10,12,15-16,19H,2-4,6-7,11H2,1H3. The number of halogens is 1. The lowest BCUT2D eigenvalue weighted by Crippen LogP contribution is -2.34. The molecule has 1 amide bonds. The van der Waals surface area contributed by atoms with Crippen molar-refractivity contribution in [3.8, 4) is 0 Å². The van der Waals surface area contributed by atoms with E-state index in [1.165, 1.54) is 25.7 Å². The lowest BCUT2D eigenvalue weighted by Gasteiger charge is -2.27. The second-order valence-electron chi connectivity index (χ2n) is 6.23. The molecule has 114 valence electrons. The van der Waals surface area contributed by atoms with Gasteiger partial charge in [0.15, 0.2) is 0 Å². The van der Waals surface area contributed by atoms with Crippen LogP contribution in [0.15, 0.2) is 24.3 Å². The minimum atomic E-state index is -0.0598. The topological polar surface area (TPSA) is 32.3 Å². The number of nitrogens with zero attached hydrogens (tertiary/aromatic N) is 1. The predicted octanol–water partition coefficient (Wildman–Crippen LogP) is 3.74. The number of hydrogen-bond donors (Lipinski definition) is 1. The van der Waals surface area contributed by atoms with Gasteiger partial charge in [-0.05, 0) is 42.9 Å². The van der Waals surface area contributed by atoms with Crippen LogP contribution in [0.1, 0.15) is 50.8 Å². The van der Waals surface area contributed by atoms with E-state index < -0.39 is 0 Å². The van der Waals surface area contributed by atoms with Crippen molar-refractivity contribution in [2.45, 2.75) is 51.2 Å². The molecule has 0 spiro atoms. The Morgan fingerprint density at radius 3 is 2.76 bits per heavy atom. The zero-order valence-electron chi connectivity index (χ0n) is 12.5. The van der Waals surface area contributed by atoms with Gasteiger partial charge in [0.1, 0.15) is 6.17 Å². The minimum Gasteiger partial charge on any atom is -0.321 e. The normalized spacial score (nSPS) is 26.8. The van der Waals surface area contributed by atoms with Crippen LogP contribution in [-0.2, 0) is 4.79 Å². The first-order valence-corrected chi connectivity index (χ1v) is 8.39. The Labute approximate surface area is 131 Å². The maximum absolute atomic E-state index is 12.6. The summed E-state index contributed by atoms with van der Waals surface area (Å²) >= 11 is 6.12. The summed E-state index contributed by atoms with van der Waals surface area (Å²) in [6.07, 6.45) is 5.92. The SMILES string of the molecule is CCC1NC(c2cccc(Cl)c2)N(CC2CCCC2)C1=O. The molecule has 0 aromatic heterocycles. The van der Waals surface area contributed by atoms with Crippen molar-refractivity contribution in [1.82, 2.24) is 10.2 Å². The third-order valence-corrected chi connectivity index (χ3v) is 4.99. The summed E-state index contributed by atoms with van der Waals surface area (Å²) in [6, 6.07) is 7.79. The van der Waals surface area contributed by atoms with Crippen molar-refractivity contribution in [2.75, 3.05) is 6.54 Å². The molecule has 1 aromatic rings. The summed E-state index contributed by atoms with van der Waals surface area (Å²) in [5.41, 5.74) is 1.09. The van der Waals surface area contributed by atoms with Gasteiger partial charge in [-0.3, -0.25) is 10.1 Å². The van der Waals surface area contributed by atoms with Crippen LogP contribution in [0.5, 0.6) is 0 Å². The molecule has 2 atom stereocenters. The van der Waals surface area contributed by atoms with Crippen molar-refractivity contribution in [2.24, 2.45) is 5.92 Å². The number of carbonyl (C=O) groups excluding carboxylic acids is 1. The molecule has 1 aromatic carbocycles. The van der Waals surface area contributed by atoms with Gasteiger partial charge >= 0.3 is 0 Å². The van der Waals surface area contributed by atoms with Crippen LogP contribution >= 0.6 is 11.6 Å². The van der Waals surface area contributed by atoms with E-state index >= 15 is 0 Å². The van der Waals surface area contributed by atoms with Crippen LogP contribution in [-0.4, -0.2) is 23.4 Å². The average Bonchev–Trinajstić information content (AvgIpc) is 3.09. The zero-order valence-corrected chi connectivity index (χ0v) is 13.3. The van der Waals surface area contributed by atoms with Gasteiger partial charge in [0.2, 0.25) is 5.91 Å². The molecule has 1 saturated carbocycles. The Kier molecular flexibility index (Phi) is 4.51. The van der Waals surface area contributed by atoms with Crippen molar-refractivity contribution >= 4 is 17.5 Å². The monoisotopic (exact) mass is 306 g/mol. The molecule has 2 aliphatic rings. The summed E-state index contributed by atoms with van der Waals surface area (Å²) in [5.74, 6) is 0.905. The summed E-state index contributed by atoms with van der Waals surface area (Å²) in [6.45, 7) is 2.93. The van der Waals surface area contributed by atoms with E-state index in [2.05, 4.69) is 18.3 Å². The van der Waals surface area contributed by atoms with Crippen LogP contribution < -0.4 is 5.32 Å². The van der Waals surface area contributed by atoms with Gasteiger partial charge in [0.25, 0.3) is 0 Å². The zero-order chi connectivity index (χ0) is 14.8. The largest absolute Gasteiger partial charge is 0.321 e. The van der Waals surface area contributed by atoms with Crippen molar-refractivity contribution < 1.29 is 4.79 Å². The van der Waals surface area contributed by atoms with Crippen LogP contribution in [0.3, 0.4) is 0 Å². The average molecular weight is 307 g/mol. The van der Waals surface area contributed by atoms with Crippen LogP contribution in [0.2, 0.25) is 5.02 Å². The lowest BCUT2D eigenvalue weighted by atomic mass is 10.1. The molecule has 3 nitrogen and oxygen atoms in total. The second-order valence-corrected chi connectivity index (χ2v) is 6.66. The highest BCUT2D eigenvalue weighted by Crippen LogP contribution is 2.32. The van der Waals surface area contributed by atoms with Gasteiger partial charge in [-0.25, -0.2) is 0 Å². The van der Waals surface area contributed by atoms with Gasteiger partial charge in [0, 0.05) is 11.6 Å². The number of hydrogen-bond acceptors (Lipinski definition) is 2. The van der Waals surface area contributed by atoms with E-state index in [0.29, 0.717) is 5.92 Å². The molecule has 3 rings (SSSR count). The van der Waals surface area contributed by atoms with E-state index in [1.807, 2.05) is 23.1 Å². The molecule has 21 heavy (non-hydrogen) atoms. The molecule has 2 unspecified atom stereocenters. The van der Waals surface area contributed by atoms with Crippen molar-refractivity contribution in [1.29, 1.82) is 0 Å². The smallest absolute Gasteiger partial charge is 0.241 e. The Hall–Kier alpha value is -1.06. The number of rotatable bonds is 4. The summed E-state index contributed by atoms with van der Waals surface area (Å²) < 4.78 is 0. The third kappa shape index (κ3) is 3.09. The highest BCUT2D eigenvalue weighted by Gasteiger charge is 2.39. The molecular weight excluding hydrogens is 284 g/mol. The predicted molar refractivity (Wildman–Crippen MR) is 85.1 cm³/mol. The summed E-state index contributed by atoms with van der Waals surface area (Å²) in [4.78, 5) is 14.7. The molecule has 0 bridgehead atoms. The van der Waals surface area contributed by atoms with Crippen LogP contribution in [0.25, 0.3) is 0 Å². The van der Waals surface area contributed by atoms with E-state index in [-0.39, 0.29) is 18.1 Å². The fraction of sp³-hybridized carbons (Fsp3) is 0.588. The molecule has 1 saturated heterocycles. The van der Waals surface area contributed by atoms with Crippen LogP contribution in [0, 0.1) is 5.92 Å². The molecule has 1 aliphatic heterocycles. The highest BCUT2D eigenvalue weighted by molar-refractivity contribution is 6.30. The first-order valence-electron chi connectivity index (χ1n) is 8.01. The summed E-state index contributed by atoms with van der Waals surface area (Å²) in [5, 5.41) is 4.20. The maximum atomic E-state index is 12.6. The van der Waals surface area contributed by atoms with Gasteiger partial charge in [-0.2, -0.15) is 0 Å². The first kappa shape index (κ1) is 14.9. The quantitative estimate of drug-likeness (QED) is 0.919. The van der Waals surface area contributed by atoms with Gasteiger partial charge in [0.05, 0.1) is 6.04 Å². The number of nitrogens with one attached hydrogen (secondary N) is 1. The molecule has 1 N–H and O–H groups in total. The fourth-order valence-corrected chi connectivity index (χ4v) is 3.79. The van der Waals surface area contributed by atoms with E-state index in [9.17, 15) is 4.79 Å². The number of amides is 1. The maximum Gasteiger partial charge on any atom is 0.241 e. The molecular formula is C17H23ClN2O. The van der Waals surface area contributed by atoms with E-state index in [0.717, 1.165) is 23.6 Å². The molecule has 2 fully saturated rings. The fourth-order valence-electron chi connectivity index (χ4n) is 3.59. The Morgan fingerprint density at radius 2 is 2.10 bits per heavy atom. The van der Waals surface area contributed by atoms with Crippen molar-refractivity contribution in [3.05, 3.63) is 34.9 Å². The summed E-state index contributed by atoms with van der Waals surface area (Å²) in [7, 11) is 0. The minimum absolute atomic E-state index is 0.0262. The Balaban J connectivity index is 1.83. The highest BCUT2D eigenvalue weighted by atomic mass is 35.5. The van der Waals surface area contributed by atoms with E-state index in [1.54, 1.807) is 0 Å². The molecule has 1 aliphatic carbocycles. The first-order chi connectivity index (χ1) is 10.2. The number of benzene rings is 1.